The van der Waals surface area contributed by atoms with E-state index in [2.05, 4.69) is 25.9 Å². The van der Waals surface area contributed by atoms with Crippen LogP contribution in [0.5, 0.6) is 0 Å². The zero-order valence-electron chi connectivity index (χ0n) is 10.6. The molecule has 98 valence electrons. The smallest absolute Gasteiger partial charge is 0.167 e. The van der Waals surface area contributed by atoms with Crippen LogP contribution < -0.4 is 0 Å². The lowest BCUT2D eigenvalue weighted by Gasteiger charge is -2.05. The van der Waals surface area contributed by atoms with E-state index in [-0.39, 0.29) is 5.78 Å². The fourth-order valence-corrected chi connectivity index (χ4v) is 2.59. The third kappa shape index (κ3) is 2.60. The Balaban J connectivity index is 1.97. The van der Waals surface area contributed by atoms with Gasteiger partial charge >= 0.3 is 0 Å². The summed E-state index contributed by atoms with van der Waals surface area (Å²) >= 11 is 3.36. The summed E-state index contributed by atoms with van der Waals surface area (Å²) in [6.07, 6.45) is 5.48. The predicted octanol–water partition coefficient (Wildman–Crippen LogP) is 3.82. The summed E-state index contributed by atoms with van der Waals surface area (Å²) in [5.74, 6) is 0.0727. The number of hydrogen-bond donors (Lipinski definition) is 0. The van der Waals surface area contributed by atoms with Crippen LogP contribution in [0.2, 0.25) is 0 Å². The molecule has 0 radical (unpaired) electrons. The average molecular weight is 327 g/mol. The molecule has 0 N–H and O–H groups in total. The maximum Gasteiger partial charge on any atom is 0.167 e. The number of carbonyl (C=O) groups excluding carboxylic acids is 1. The first-order valence-electron chi connectivity index (χ1n) is 6.20. The molecule has 1 aromatic carbocycles. The normalized spacial score (nSPS) is 10.7. The van der Waals surface area contributed by atoms with Crippen LogP contribution in [0, 0.1) is 0 Å². The van der Waals surface area contributed by atoms with Crippen LogP contribution in [-0.4, -0.2) is 15.8 Å². The predicted molar refractivity (Wildman–Crippen MR) is 81.7 cm³/mol. The minimum absolute atomic E-state index is 0.0727. The third-order valence-corrected chi connectivity index (χ3v) is 3.51. The van der Waals surface area contributed by atoms with Crippen molar-refractivity contribution in [3.8, 4) is 0 Å². The van der Waals surface area contributed by atoms with Crippen molar-refractivity contribution in [2.75, 3.05) is 0 Å². The van der Waals surface area contributed by atoms with Crippen molar-refractivity contribution in [2.24, 2.45) is 0 Å². The van der Waals surface area contributed by atoms with Gasteiger partial charge in [-0.25, -0.2) is 0 Å². The molecule has 4 heteroatoms. The lowest BCUT2D eigenvalue weighted by atomic mass is 10.00. The van der Waals surface area contributed by atoms with Gasteiger partial charge in [-0.05, 0) is 39.7 Å². The van der Waals surface area contributed by atoms with Gasteiger partial charge in [0, 0.05) is 40.4 Å². The van der Waals surface area contributed by atoms with E-state index in [1.54, 1.807) is 18.6 Å². The maximum absolute atomic E-state index is 12.5. The van der Waals surface area contributed by atoms with Crippen LogP contribution in [0.4, 0.5) is 0 Å². The van der Waals surface area contributed by atoms with Crippen molar-refractivity contribution < 1.29 is 4.79 Å². The van der Waals surface area contributed by atoms with Gasteiger partial charge in [-0.2, -0.15) is 0 Å². The maximum atomic E-state index is 12.5. The highest BCUT2D eigenvalue weighted by atomic mass is 79.9. The van der Waals surface area contributed by atoms with Crippen molar-refractivity contribution >= 4 is 32.6 Å². The van der Waals surface area contributed by atoms with Crippen LogP contribution >= 0.6 is 15.9 Å². The van der Waals surface area contributed by atoms with E-state index in [1.165, 1.54) is 0 Å². The molecule has 20 heavy (non-hydrogen) atoms. The lowest BCUT2D eigenvalue weighted by Crippen LogP contribution is -2.05. The summed E-state index contributed by atoms with van der Waals surface area (Å²) < 4.78 is 0.877. The van der Waals surface area contributed by atoms with Crippen LogP contribution in [0.25, 0.3) is 10.9 Å². The molecule has 0 aliphatic carbocycles. The van der Waals surface area contributed by atoms with Gasteiger partial charge in [-0.1, -0.05) is 18.2 Å². The number of nitrogens with zero attached hydrogens (tertiary/aromatic N) is 2. The zero-order chi connectivity index (χ0) is 13.9. The Morgan fingerprint density at radius 2 is 2.05 bits per heavy atom. The van der Waals surface area contributed by atoms with Crippen LogP contribution in [0.1, 0.15) is 15.9 Å². The number of Topliss-reactive ketones (excluding diaryl/α,β-unsaturated/α-hetero) is 1. The molecule has 0 fully saturated rings. The number of ketones is 1. The van der Waals surface area contributed by atoms with Gasteiger partial charge in [0.15, 0.2) is 5.78 Å². The van der Waals surface area contributed by atoms with Gasteiger partial charge in [0.25, 0.3) is 0 Å². The Bertz CT molecular complexity index is 781. The topological polar surface area (TPSA) is 42.9 Å². The number of halogens is 1. The van der Waals surface area contributed by atoms with Gasteiger partial charge in [0.2, 0.25) is 0 Å². The van der Waals surface area contributed by atoms with Crippen molar-refractivity contribution in [3.05, 3.63) is 70.6 Å². The van der Waals surface area contributed by atoms with Gasteiger partial charge in [-0.15, -0.1) is 0 Å². The first-order chi connectivity index (χ1) is 9.74. The van der Waals surface area contributed by atoms with E-state index in [4.69, 9.17) is 0 Å². The minimum Gasteiger partial charge on any atom is -0.294 e. The second-order valence-corrected chi connectivity index (χ2v) is 5.40. The summed E-state index contributed by atoms with van der Waals surface area (Å²) in [7, 11) is 0. The summed E-state index contributed by atoms with van der Waals surface area (Å²) in [4.78, 5) is 20.8. The van der Waals surface area contributed by atoms with E-state index in [0.29, 0.717) is 12.0 Å². The first-order valence-corrected chi connectivity index (χ1v) is 7.00. The highest BCUT2D eigenvalue weighted by Crippen LogP contribution is 2.19. The number of benzene rings is 1. The van der Waals surface area contributed by atoms with Crippen molar-refractivity contribution in [1.82, 2.24) is 9.97 Å². The van der Waals surface area contributed by atoms with Crippen molar-refractivity contribution in [3.63, 3.8) is 0 Å². The molecule has 0 aliphatic rings. The summed E-state index contributed by atoms with van der Waals surface area (Å²) in [5.41, 5.74) is 2.44. The molecule has 0 unspecified atom stereocenters. The van der Waals surface area contributed by atoms with E-state index >= 15 is 0 Å². The van der Waals surface area contributed by atoms with Gasteiger partial charge in [-0.3, -0.25) is 14.8 Å². The molecule has 2 aromatic heterocycles. The van der Waals surface area contributed by atoms with E-state index < -0.39 is 0 Å². The van der Waals surface area contributed by atoms with Gasteiger partial charge < -0.3 is 0 Å². The molecule has 3 aromatic rings. The van der Waals surface area contributed by atoms with Gasteiger partial charge in [0.05, 0.1) is 5.52 Å². The standard InChI is InChI=1S/C16H11BrN2O/c17-12-7-11(9-18-10-12)8-16(20)14-3-1-5-15-13(14)4-2-6-19-15/h1-7,9-10H,8H2. The Kier molecular flexibility index (Phi) is 3.56. The van der Waals surface area contributed by atoms with Crippen LogP contribution in [0.3, 0.4) is 0 Å². The molecule has 0 saturated carbocycles. The third-order valence-electron chi connectivity index (χ3n) is 3.07. The summed E-state index contributed by atoms with van der Waals surface area (Å²) in [6, 6.07) is 11.3. The fourth-order valence-electron chi connectivity index (χ4n) is 2.18. The lowest BCUT2D eigenvalue weighted by molar-refractivity contribution is 0.0994. The molecule has 0 saturated heterocycles. The molecule has 3 nitrogen and oxygen atoms in total. The van der Waals surface area contributed by atoms with Crippen LogP contribution in [-0.2, 0) is 6.42 Å². The second kappa shape index (κ2) is 5.51. The molecular formula is C16H11BrN2O. The Morgan fingerprint density at radius 3 is 2.90 bits per heavy atom. The van der Waals surface area contributed by atoms with E-state index in [1.807, 2.05) is 36.4 Å². The number of rotatable bonds is 3. The highest BCUT2D eigenvalue weighted by molar-refractivity contribution is 9.10. The Hall–Kier alpha value is -2.07. The molecule has 0 atom stereocenters. The largest absolute Gasteiger partial charge is 0.294 e. The summed E-state index contributed by atoms with van der Waals surface area (Å²) in [6.45, 7) is 0. The molecule has 0 amide bonds. The minimum atomic E-state index is 0.0727. The summed E-state index contributed by atoms with van der Waals surface area (Å²) in [5, 5.41) is 0.892. The molecule has 0 spiro atoms. The van der Waals surface area contributed by atoms with Crippen LogP contribution in [0.15, 0.2) is 59.5 Å². The van der Waals surface area contributed by atoms with Gasteiger partial charge in [0.1, 0.15) is 0 Å². The Morgan fingerprint density at radius 1 is 1.15 bits per heavy atom. The highest BCUT2D eigenvalue weighted by Gasteiger charge is 2.11. The SMILES string of the molecule is O=C(Cc1cncc(Br)c1)c1cccc2ncccc12. The molecular weight excluding hydrogens is 316 g/mol. The zero-order valence-corrected chi connectivity index (χ0v) is 12.2. The molecule has 0 bridgehead atoms. The number of fused-ring (bicyclic) bond motifs is 1. The molecule has 3 rings (SSSR count). The number of aromatic nitrogens is 2. The fraction of sp³-hybridized carbons (Fsp3) is 0.0625. The first kappa shape index (κ1) is 12.9. The molecule has 2 heterocycles. The quantitative estimate of drug-likeness (QED) is 0.687. The molecule has 0 aliphatic heterocycles. The van der Waals surface area contributed by atoms with E-state index in [9.17, 15) is 4.79 Å². The number of carbonyl (C=O) groups is 1. The average Bonchev–Trinajstić information content (AvgIpc) is 2.46. The van der Waals surface area contributed by atoms with E-state index in [0.717, 1.165) is 20.9 Å². The number of hydrogen-bond acceptors (Lipinski definition) is 3. The van der Waals surface area contributed by atoms with Crippen molar-refractivity contribution in [1.29, 1.82) is 0 Å². The number of pyridine rings is 2. The Labute approximate surface area is 124 Å². The van der Waals surface area contributed by atoms with Crippen molar-refractivity contribution in [2.45, 2.75) is 6.42 Å². The second-order valence-electron chi connectivity index (χ2n) is 4.49. The monoisotopic (exact) mass is 326 g/mol.